The van der Waals surface area contributed by atoms with Crippen molar-refractivity contribution in [2.75, 3.05) is 16.8 Å². The molecule has 31 heavy (non-hydrogen) atoms. The molecule has 3 heterocycles. The number of hydrogen-bond donors (Lipinski definition) is 1. The van der Waals surface area contributed by atoms with Crippen LogP contribution < -0.4 is 15.0 Å². The Labute approximate surface area is 181 Å². The number of para-hydroxylation sites is 1. The first-order chi connectivity index (χ1) is 15.2. The number of aryl methyl sites for hydroxylation is 1. The molecule has 0 saturated carbocycles. The summed E-state index contributed by atoms with van der Waals surface area (Å²) in [7, 11) is 0. The standard InChI is InChI=1S/C24H24N4O3/c1-2-18-6-3-4-7-20(18)28-15-19(14-22(28)29)24(30)27-23-21(8-5-11-26-23)31-16-17-9-12-25-13-10-17/h3-13,19H,2,14-16H2,1H3,(H,26,27,30). The van der Waals surface area contributed by atoms with Crippen LogP contribution in [0.25, 0.3) is 0 Å². The van der Waals surface area contributed by atoms with Gasteiger partial charge in [0.15, 0.2) is 11.6 Å². The van der Waals surface area contributed by atoms with Crippen LogP contribution in [0.4, 0.5) is 11.5 Å². The second kappa shape index (κ2) is 9.38. The van der Waals surface area contributed by atoms with E-state index in [1.807, 2.05) is 36.4 Å². The molecule has 7 nitrogen and oxygen atoms in total. The minimum atomic E-state index is -0.451. The average Bonchev–Trinajstić information content (AvgIpc) is 3.20. The molecule has 2 amide bonds. The van der Waals surface area contributed by atoms with Crippen LogP contribution in [0.3, 0.4) is 0 Å². The van der Waals surface area contributed by atoms with E-state index in [4.69, 9.17) is 4.74 Å². The summed E-state index contributed by atoms with van der Waals surface area (Å²) in [5, 5.41) is 2.84. The third-order valence-electron chi connectivity index (χ3n) is 5.32. The topological polar surface area (TPSA) is 84.4 Å². The minimum absolute atomic E-state index is 0.0452. The molecule has 0 radical (unpaired) electrons. The molecule has 158 valence electrons. The Hall–Kier alpha value is -3.74. The summed E-state index contributed by atoms with van der Waals surface area (Å²) in [6, 6.07) is 15.0. The summed E-state index contributed by atoms with van der Waals surface area (Å²) in [4.78, 5) is 35.5. The fourth-order valence-electron chi connectivity index (χ4n) is 3.65. The van der Waals surface area contributed by atoms with Crippen LogP contribution in [-0.4, -0.2) is 28.3 Å². The van der Waals surface area contributed by atoms with Crippen molar-refractivity contribution >= 4 is 23.3 Å². The van der Waals surface area contributed by atoms with Gasteiger partial charge in [-0.25, -0.2) is 4.98 Å². The van der Waals surface area contributed by atoms with Gasteiger partial charge in [-0.05, 0) is 47.9 Å². The maximum atomic E-state index is 12.9. The largest absolute Gasteiger partial charge is 0.485 e. The lowest BCUT2D eigenvalue weighted by atomic mass is 10.1. The molecule has 7 heteroatoms. The molecular weight excluding hydrogens is 392 g/mol. The molecule has 2 aromatic heterocycles. The predicted octanol–water partition coefficient (Wildman–Crippen LogP) is 3.61. The van der Waals surface area contributed by atoms with Crippen molar-refractivity contribution in [3.05, 3.63) is 78.2 Å². The highest BCUT2D eigenvalue weighted by atomic mass is 16.5. The van der Waals surface area contributed by atoms with Crippen LogP contribution in [0.2, 0.25) is 0 Å². The third kappa shape index (κ3) is 4.71. The van der Waals surface area contributed by atoms with Crippen molar-refractivity contribution in [1.82, 2.24) is 9.97 Å². The van der Waals surface area contributed by atoms with Gasteiger partial charge in [0, 0.05) is 37.2 Å². The maximum absolute atomic E-state index is 12.9. The summed E-state index contributed by atoms with van der Waals surface area (Å²) < 4.78 is 5.85. The van der Waals surface area contributed by atoms with Crippen molar-refractivity contribution in [2.24, 2.45) is 5.92 Å². The maximum Gasteiger partial charge on any atom is 0.231 e. The average molecular weight is 416 g/mol. The number of amides is 2. The summed E-state index contributed by atoms with van der Waals surface area (Å²) in [6.45, 7) is 2.74. The quantitative estimate of drug-likeness (QED) is 0.636. The monoisotopic (exact) mass is 416 g/mol. The van der Waals surface area contributed by atoms with Crippen LogP contribution in [0.15, 0.2) is 67.1 Å². The number of rotatable bonds is 7. The van der Waals surface area contributed by atoms with Crippen LogP contribution in [0.1, 0.15) is 24.5 Å². The SMILES string of the molecule is CCc1ccccc1N1CC(C(=O)Nc2ncccc2OCc2ccncc2)CC1=O. The van der Waals surface area contributed by atoms with E-state index in [1.54, 1.807) is 35.6 Å². The van der Waals surface area contributed by atoms with Gasteiger partial charge in [-0.2, -0.15) is 0 Å². The number of carbonyl (C=O) groups excluding carboxylic acids is 2. The number of anilines is 2. The number of ether oxygens (including phenoxy) is 1. The highest BCUT2D eigenvalue weighted by Gasteiger charge is 2.36. The molecule has 0 aliphatic carbocycles. The molecule has 1 unspecified atom stereocenters. The van der Waals surface area contributed by atoms with E-state index in [-0.39, 0.29) is 18.2 Å². The van der Waals surface area contributed by atoms with Gasteiger partial charge in [0.1, 0.15) is 6.61 Å². The van der Waals surface area contributed by atoms with Gasteiger partial charge >= 0.3 is 0 Å². The first-order valence-electron chi connectivity index (χ1n) is 10.3. The van der Waals surface area contributed by atoms with Crippen LogP contribution in [0, 0.1) is 5.92 Å². The van der Waals surface area contributed by atoms with Gasteiger partial charge < -0.3 is 15.0 Å². The molecule has 0 spiro atoms. The summed E-state index contributed by atoms with van der Waals surface area (Å²) >= 11 is 0. The minimum Gasteiger partial charge on any atom is -0.485 e. The fourth-order valence-corrected chi connectivity index (χ4v) is 3.65. The van der Waals surface area contributed by atoms with Crippen molar-refractivity contribution < 1.29 is 14.3 Å². The van der Waals surface area contributed by atoms with Crippen LogP contribution >= 0.6 is 0 Å². The number of nitrogens with zero attached hydrogens (tertiary/aromatic N) is 3. The highest BCUT2D eigenvalue weighted by Crippen LogP contribution is 2.30. The van der Waals surface area contributed by atoms with Crippen molar-refractivity contribution in [1.29, 1.82) is 0 Å². The number of benzene rings is 1. The third-order valence-corrected chi connectivity index (χ3v) is 5.32. The van der Waals surface area contributed by atoms with Gasteiger partial charge in [0.2, 0.25) is 11.8 Å². The zero-order valence-corrected chi connectivity index (χ0v) is 17.3. The van der Waals surface area contributed by atoms with Gasteiger partial charge in [-0.3, -0.25) is 14.6 Å². The fraction of sp³-hybridized carbons (Fsp3) is 0.250. The number of pyridine rings is 2. The normalized spacial score (nSPS) is 15.7. The van der Waals surface area contributed by atoms with Crippen molar-refractivity contribution in [2.45, 2.75) is 26.4 Å². The Kier molecular flexibility index (Phi) is 6.21. The lowest BCUT2D eigenvalue weighted by molar-refractivity contribution is -0.122. The summed E-state index contributed by atoms with van der Waals surface area (Å²) in [5.41, 5.74) is 2.93. The van der Waals surface area contributed by atoms with Crippen molar-refractivity contribution in [3.8, 4) is 5.75 Å². The van der Waals surface area contributed by atoms with Gasteiger partial charge in [-0.1, -0.05) is 25.1 Å². The second-order valence-corrected chi connectivity index (χ2v) is 7.37. The molecule has 1 atom stereocenters. The first-order valence-corrected chi connectivity index (χ1v) is 10.3. The summed E-state index contributed by atoms with van der Waals surface area (Å²) in [5.74, 6) is 0.0903. The van der Waals surface area contributed by atoms with E-state index in [2.05, 4.69) is 22.2 Å². The molecule has 1 aliphatic heterocycles. The number of carbonyl (C=O) groups is 2. The van der Waals surface area contributed by atoms with E-state index in [0.29, 0.717) is 24.7 Å². The number of hydrogen-bond acceptors (Lipinski definition) is 5. The first kappa shape index (κ1) is 20.5. The van der Waals surface area contributed by atoms with Gasteiger partial charge in [0.05, 0.1) is 5.92 Å². The van der Waals surface area contributed by atoms with Gasteiger partial charge in [0.25, 0.3) is 0 Å². The number of aromatic nitrogens is 2. The van der Waals surface area contributed by atoms with Crippen molar-refractivity contribution in [3.63, 3.8) is 0 Å². The lowest BCUT2D eigenvalue weighted by Crippen LogP contribution is -2.29. The molecule has 0 bridgehead atoms. The Bertz CT molecular complexity index is 1070. The molecule has 1 aliphatic rings. The second-order valence-electron chi connectivity index (χ2n) is 7.37. The Balaban J connectivity index is 1.44. The molecule has 1 fully saturated rings. The van der Waals surface area contributed by atoms with E-state index in [9.17, 15) is 9.59 Å². The van der Waals surface area contributed by atoms with Crippen LogP contribution in [0.5, 0.6) is 5.75 Å². The zero-order valence-electron chi connectivity index (χ0n) is 17.3. The smallest absolute Gasteiger partial charge is 0.231 e. The molecule has 4 rings (SSSR count). The molecular formula is C24H24N4O3. The molecule has 3 aromatic rings. The molecule has 1 aromatic carbocycles. The Morgan fingerprint density at radius 2 is 1.94 bits per heavy atom. The highest BCUT2D eigenvalue weighted by molar-refractivity contribution is 6.03. The van der Waals surface area contributed by atoms with E-state index >= 15 is 0 Å². The van der Waals surface area contributed by atoms with E-state index in [0.717, 1.165) is 23.2 Å². The summed E-state index contributed by atoms with van der Waals surface area (Å²) in [6.07, 6.45) is 5.99. The lowest BCUT2D eigenvalue weighted by Gasteiger charge is -2.20. The molecule has 1 N–H and O–H groups in total. The number of nitrogens with one attached hydrogen (secondary N) is 1. The van der Waals surface area contributed by atoms with E-state index < -0.39 is 5.92 Å². The molecule has 1 saturated heterocycles. The van der Waals surface area contributed by atoms with E-state index in [1.165, 1.54) is 0 Å². The van der Waals surface area contributed by atoms with Gasteiger partial charge in [-0.15, -0.1) is 0 Å². The zero-order chi connectivity index (χ0) is 21.6. The Morgan fingerprint density at radius 1 is 1.13 bits per heavy atom. The Morgan fingerprint density at radius 3 is 2.74 bits per heavy atom. The predicted molar refractivity (Wildman–Crippen MR) is 118 cm³/mol. The van der Waals surface area contributed by atoms with Crippen LogP contribution in [-0.2, 0) is 22.6 Å².